The predicted molar refractivity (Wildman–Crippen MR) is 124 cm³/mol. The van der Waals surface area contributed by atoms with E-state index in [1.807, 2.05) is 23.1 Å². The fraction of sp³-hybridized carbons (Fsp3) is 0.400. The van der Waals surface area contributed by atoms with E-state index >= 15 is 0 Å². The van der Waals surface area contributed by atoms with Gasteiger partial charge in [-0.05, 0) is 50.3 Å². The Morgan fingerprint density at radius 3 is 2.67 bits per heavy atom. The zero-order valence-corrected chi connectivity index (χ0v) is 19.0. The summed E-state index contributed by atoms with van der Waals surface area (Å²) >= 11 is 6.81. The average molecular weight is 463 g/mol. The second-order valence-electron chi connectivity index (χ2n) is 9.78. The van der Waals surface area contributed by atoms with Gasteiger partial charge < -0.3 is 4.74 Å². The van der Waals surface area contributed by atoms with Crippen molar-refractivity contribution in [3.05, 3.63) is 63.2 Å². The maximum absolute atomic E-state index is 12.8. The van der Waals surface area contributed by atoms with Gasteiger partial charge in [0.1, 0.15) is 0 Å². The van der Waals surface area contributed by atoms with E-state index in [0.717, 1.165) is 48.1 Å². The molecule has 0 unspecified atom stereocenters. The van der Waals surface area contributed by atoms with Crippen LogP contribution in [0.2, 0.25) is 5.02 Å². The molecular weight excluding hydrogens is 440 g/mol. The minimum absolute atomic E-state index is 0.120. The van der Waals surface area contributed by atoms with Gasteiger partial charge in [-0.2, -0.15) is 5.10 Å². The quantitative estimate of drug-likeness (QED) is 0.547. The summed E-state index contributed by atoms with van der Waals surface area (Å²) in [6, 6.07) is 6.23. The van der Waals surface area contributed by atoms with Crippen molar-refractivity contribution >= 4 is 17.4 Å². The Balaban J connectivity index is 1.42. The molecule has 0 N–H and O–H groups in total. The number of rotatable bonds is 3. The molecule has 1 saturated carbocycles. The summed E-state index contributed by atoms with van der Waals surface area (Å²) in [6.07, 6.45) is 10.1. The van der Waals surface area contributed by atoms with Crippen molar-refractivity contribution in [2.24, 2.45) is 0 Å². The van der Waals surface area contributed by atoms with E-state index in [1.54, 1.807) is 12.3 Å². The Kier molecular flexibility index (Phi) is 3.90. The normalized spacial score (nSPS) is 22.0. The molecule has 1 aliphatic carbocycles. The molecule has 0 amide bonds. The monoisotopic (exact) mass is 462 g/mol. The number of ether oxygens (including phenoxy) is 1. The first-order chi connectivity index (χ1) is 15.9. The molecule has 7 rings (SSSR count). The third kappa shape index (κ3) is 2.69. The molecule has 7 nitrogen and oxygen atoms in total. The Morgan fingerprint density at radius 2 is 1.97 bits per heavy atom. The summed E-state index contributed by atoms with van der Waals surface area (Å²) in [5.74, 6) is -0.205. The number of pyridine rings is 1. The van der Waals surface area contributed by atoms with Crippen LogP contribution in [0.3, 0.4) is 0 Å². The fourth-order valence-corrected chi connectivity index (χ4v) is 6.06. The van der Waals surface area contributed by atoms with Crippen LogP contribution in [0, 0.1) is 0 Å². The van der Waals surface area contributed by atoms with Gasteiger partial charge in [-0.3, -0.25) is 24.0 Å². The third-order valence-electron chi connectivity index (χ3n) is 7.82. The van der Waals surface area contributed by atoms with Crippen molar-refractivity contribution in [2.45, 2.75) is 50.2 Å². The van der Waals surface area contributed by atoms with Crippen LogP contribution in [-0.2, 0) is 4.74 Å². The highest BCUT2D eigenvalue weighted by Crippen LogP contribution is 2.58. The summed E-state index contributed by atoms with van der Waals surface area (Å²) in [7, 11) is 0. The summed E-state index contributed by atoms with van der Waals surface area (Å²) in [5, 5.41) is 7.58. The Labute approximate surface area is 195 Å². The van der Waals surface area contributed by atoms with Gasteiger partial charge in [0.05, 0.1) is 48.3 Å². The maximum atomic E-state index is 12.8. The van der Waals surface area contributed by atoms with Gasteiger partial charge in [-0.15, -0.1) is 0 Å². The largest absolute Gasteiger partial charge is 0.377 e. The molecule has 168 valence electrons. The van der Waals surface area contributed by atoms with Crippen LogP contribution in [0.25, 0.3) is 22.4 Å². The Bertz CT molecular complexity index is 1400. The lowest BCUT2D eigenvalue weighted by molar-refractivity contribution is -0.0286. The summed E-state index contributed by atoms with van der Waals surface area (Å²) in [6.45, 7) is 2.83. The molecule has 0 radical (unpaired) electrons. The highest BCUT2D eigenvalue weighted by Gasteiger charge is 2.57. The second kappa shape index (κ2) is 6.58. The van der Waals surface area contributed by atoms with Crippen molar-refractivity contribution in [1.82, 2.24) is 14.5 Å². The zero-order chi connectivity index (χ0) is 22.5. The molecule has 2 saturated heterocycles. The first kappa shape index (κ1) is 19.6. The smallest absolute Gasteiger partial charge is 0.193 e. The fourth-order valence-electron chi connectivity index (χ4n) is 5.79. The molecule has 3 aliphatic heterocycles. The highest BCUT2D eigenvalue weighted by atomic mass is 35.5. The highest BCUT2D eigenvalue weighted by molar-refractivity contribution is 6.33. The van der Waals surface area contributed by atoms with Crippen molar-refractivity contribution in [2.75, 3.05) is 18.2 Å². The first-order valence-corrected chi connectivity index (χ1v) is 11.9. The van der Waals surface area contributed by atoms with E-state index in [-0.39, 0.29) is 34.4 Å². The lowest BCUT2D eigenvalue weighted by atomic mass is 9.91. The number of fused-ring (bicyclic) bond motifs is 7. The van der Waals surface area contributed by atoms with Crippen molar-refractivity contribution < 1.29 is 9.53 Å². The molecule has 4 aliphatic rings. The minimum atomic E-state index is -0.244. The molecule has 1 aromatic carbocycles. The molecule has 33 heavy (non-hydrogen) atoms. The van der Waals surface area contributed by atoms with Crippen LogP contribution in [0.1, 0.15) is 60.6 Å². The molecule has 8 heteroatoms. The molecule has 3 aromatic rings. The number of aromatic nitrogens is 3. The molecular formula is C25H23ClN4O3. The lowest BCUT2D eigenvalue weighted by Gasteiger charge is -2.41. The van der Waals surface area contributed by atoms with E-state index in [0.29, 0.717) is 18.2 Å². The standard InChI is InChI=1S/C25H23ClN4O3/c1-14(31)20-11-29-23(8-24(20)32)19-7-21(26)17(15-9-27-28(10-15)16-12-33-13-16)6-18(19)22-2-3-25(4-5-25)30(22)29/h6-11,16,22H,2-5,12-13H2,1H3/t22-/m1/s1. The van der Waals surface area contributed by atoms with Crippen LogP contribution in [0.4, 0.5) is 0 Å². The zero-order valence-electron chi connectivity index (χ0n) is 18.3. The number of halogens is 1. The van der Waals surface area contributed by atoms with Crippen LogP contribution < -0.4 is 10.4 Å². The number of carbonyl (C=O) groups is 1. The van der Waals surface area contributed by atoms with Crippen LogP contribution >= 0.6 is 11.6 Å². The Morgan fingerprint density at radius 1 is 1.15 bits per heavy atom. The Hall–Kier alpha value is -2.90. The van der Waals surface area contributed by atoms with Gasteiger partial charge in [0, 0.05) is 40.2 Å². The SMILES string of the molecule is CC(=O)c1cn2c(cc1=O)-c1cc(Cl)c(-c3cnn(C4COC4)c3)cc1[C@H]1CCC3(CC3)N12. The molecule has 5 heterocycles. The molecule has 3 fully saturated rings. The number of carbonyl (C=O) groups excluding carboxylic acids is 1. The van der Waals surface area contributed by atoms with Gasteiger partial charge in [0.25, 0.3) is 0 Å². The number of Topliss-reactive ketones (excluding diaryl/α,β-unsaturated/α-hetero) is 1. The molecule has 1 spiro atoms. The number of hydrogen-bond donors (Lipinski definition) is 0. The molecule has 1 atom stereocenters. The van der Waals surface area contributed by atoms with E-state index in [1.165, 1.54) is 12.5 Å². The summed E-state index contributed by atoms with van der Waals surface area (Å²) in [4.78, 5) is 24.9. The topological polar surface area (TPSA) is 69.4 Å². The average Bonchev–Trinajstić information content (AvgIpc) is 3.19. The summed E-state index contributed by atoms with van der Waals surface area (Å²) < 4.78 is 9.32. The van der Waals surface area contributed by atoms with E-state index < -0.39 is 0 Å². The lowest BCUT2D eigenvalue weighted by Crippen LogP contribution is -2.46. The molecule has 2 aromatic heterocycles. The number of ketones is 1. The van der Waals surface area contributed by atoms with E-state index in [2.05, 4.69) is 20.9 Å². The van der Waals surface area contributed by atoms with Crippen molar-refractivity contribution in [1.29, 1.82) is 0 Å². The minimum Gasteiger partial charge on any atom is -0.377 e. The van der Waals surface area contributed by atoms with Crippen LogP contribution in [0.15, 0.2) is 41.6 Å². The van der Waals surface area contributed by atoms with Crippen molar-refractivity contribution in [3.63, 3.8) is 0 Å². The number of benzene rings is 1. The first-order valence-electron chi connectivity index (χ1n) is 11.5. The number of nitrogens with zero attached hydrogens (tertiary/aromatic N) is 4. The maximum Gasteiger partial charge on any atom is 0.193 e. The van der Waals surface area contributed by atoms with Crippen LogP contribution in [0.5, 0.6) is 0 Å². The van der Waals surface area contributed by atoms with Gasteiger partial charge in [0.2, 0.25) is 0 Å². The molecule has 0 bridgehead atoms. The van der Waals surface area contributed by atoms with Gasteiger partial charge in [-0.25, -0.2) is 0 Å². The van der Waals surface area contributed by atoms with E-state index in [9.17, 15) is 9.59 Å². The third-order valence-corrected chi connectivity index (χ3v) is 8.13. The van der Waals surface area contributed by atoms with Gasteiger partial charge in [0.15, 0.2) is 11.2 Å². The number of hydrogen-bond acceptors (Lipinski definition) is 5. The summed E-state index contributed by atoms with van der Waals surface area (Å²) in [5.41, 5.74) is 5.01. The second-order valence-corrected chi connectivity index (χ2v) is 10.2. The van der Waals surface area contributed by atoms with E-state index in [4.69, 9.17) is 16.3 Å². The predicted octanol–water partition coefficient (Wildman–Crippen LogP) is 4.13. The van der Waals surface area contributed by atoms with Crippen LogP contribution in [-0.4, -0.2) is 39.0 Å². The van der Waals surface area contributed by atoms with Gasteiger partial charge in [-0.1, -0.05) is 11.6 Å². The van der Waals surface area contributed by atoms with Crippen molar-refractivity contribution in [3.8, 4) is 22.4 Å². The van der Waals surface area contributed by atoms with Gasteiger partial charge >= 0.3 is 0 Å².